The van der Waals surface area contributed by atoms with E-state index in [2.05, 4.69) is 5.32 Å². The Morgan fingerprint density at radius 1 is 1.04 bits per heavy atom. The molecule has 1 aromatic carbocycles. The van der Waals surface area contributed by atoms with Crippen LogP contribution in [0.3, 0.4) is 0 Å². The topological polar surface area (TPSA) is 83.1 Å². The standard InChI is InChI=1S/C19H27NO6/c1-18(2,3)25-16(21)10-13(20-17(22)26-19(4,5)6)12-7-8-14-15(9-12)24-11-23-14/h7-9,13H,10-11H2,1-6H3,(H,20,22)/t13-/m0/s1. The van der Waals surface area contributed by atoms with Gasteiger partial charge in [-0.3, -0.25) is 4.79 Å². The van der Waals surface area contributed by atoms with Gasteiger partial charge in [-0.1, -0.05) is 6.07 Å². The molecule has 1 N–H and O–H groups in total. The summed E-state index contributed by atoms with van der Waals surface area (Å²) in [4.78, 5) is 24.5. The molecule has 7 nitrogen and oxygen atoms in total. The molecule has 26 heavy (non-hydrogen) atoms. The summed E-state index contributed by atoms with van der Waals surface area (Å²) in [5.74, 6) is 0.779. The Morgan fingerprint density at radius 2 is 1.65 bits per heavy atom. The van der Waals surface area contributed by atoms with Crippen LogP contribution in [0, 0.1) is 0 Å². The number of fused-ring (bicyclic) bond motifs is 1. The van der Waals surface area contributed by atoms with E-state index < -0.39 is 29.3 Å². The van der Waals surface area contributed by atoms with E-state index >= 15 is 0 Å². The van der Waals surface area contributed by atoms with Gasteiger partial charge in [-0.2, -0.15) is 0 Å². The lowest BCUT2D eigenvalue weighted by atomic mass is 10.0. The van der Waals surface area contributed by atoms with E-state index in [0.717, 1.165) is 0 Å². The SMILES string of the molecule is CC(C)(C)OC(=O)C[C@H](NC(=O)OC(C)(C)C)c1ccc2c(c1)OCO2. The smallest absolute Gasteiger partial charge is 0.408 e. The second-order valence-corrected chi connectivity index (χ2v) is 8.10. The van der Waals surface area contributed by atoms with Crippen LogP contribution in [0.2, 0.25) is 0 Å². The van der Waals surface area contributed by atoms with Crippen molar-refractivity contribution in [3.8, 4) is 11.5 Å². The van der Waals surface area contributed by atoms with Crippen LogP contribution in [0.4, 0.5) is 4.79 Å². The Bertz CT molecular complexity index is 642. The molecule has 0 saturated carbocycles. The summed E-state index contributed by atoms with van der Waals surface area (Å²) in [6.45, 7) is 10.8. The Morgan fingerprint density at radius 3 is 2.27 bits per heavy atom. The minimum atomic E-state index is -0.643. The largest absolute Gasteiger partial charge is 0.460 e. The summed E-state index contributed by atoms with van der Waals surface area (Å²) < 4.78 is 21.4. The van der Waals surface area contributed by atoms with Gasteiger partial charge in [-0.15, -0.1) is 0 Å². The number of rotatable bonds is 4. The molecular weight excluding hydrogens is 338 g/mol. The number of esters is 1. The highest BCUT2D eigenvalue weighted by Gasteiger charge is 2.26. The summed E-state index contributed by atoms with van der Waals surface area (Å²) in [5.41, 5.74) is -0.552. The van der Waals surface area contributed by atoms with Gasteiger partial charge in [0, 0.05) is 0 Å². The maximum absolute atomic E-state index is 12.3. The second-order valence-electron chi connectivity index (χ2n) is 8.10. The molecule has 1 amide bonds. The van der Waals surface area contributed by atoms with Gasteiger partial charge in [0.05, 0.1) is 12.5 Å². The normalized spacial score (nSPS) is 14.5. The van der Waals surface area contributed by atoms with Gasteiger partial charge in [-0.05, 0) is 59.2 Å². The molecule has 1 heterocycles. The number of nitrogens with one attached hydrogen (secondary N) is 1. The van der Waals surface area contributed by atoms with Crippen LogP contribution in [0.15, 0.2) is 18.2 Å². The summed E-state index contributed by atoms with van der Waals surface area (Å²) in [7, 11) is 0. The number of carbonyl (C=O) groups is 2. The number of benzene rings is 1. The molecule has 0 aromatic heterocycles. The lowest BCUT2D eigenvalue weighted by Gasteiger charge is -2.25. The fourth-order valence-electron chi connectivity index (χ4n) is 2.38. The highest BCUT2D eigenvalue weighted by molar-refractivity contribution is 5.74. The van der Waals surface area contributed by atoms with Crippen molar-refractivity contribution in [1.82, 2.24) is 5.32 Å². The van der Waals surface area contributed by atoms with Crippen molar-refractivity contribution in [2.45, 2.75) is 65.2 Å². The van der Waals surface area contributed by atoms with Crippen LogP contribution < -0.4 is 14.8 Å². The van der Waals surface area contributed by atoms with Crippen molar-refractivity contribution >= 4 is 12.1 Å². The maximum atomic E-state index is 12.3. The van der Waals surface area contributed by atoms with Crippen LogP contribution >= 0.6 is 0 Å². The monoisotopic (exact) mass is 365 g/mol. The molecule has 7 heteroatoms. The molecule has 1 aliphatic heterocycles. The third-order valence-corrected chi connectivity index (χ3v) is 3.28. The average molecular weight is 365 g/mol. The lowest BCUT2D eigenvalue weighted by molar-refractivity contribution is -0.155. The van der Waals surface area contributed by atoms with Crippen LogP contribution in [-0.2, 0) is 14.3 Å². The molecule has 0 bridgehead atoms. The third kappa shape index (κ3) is 6.13. The van der Waals surface area contributed by atoms with E-state index in [1.165, 1.54) is 0 Å². The van der Waals surface area contributed by atoms with E-state index in [-0.39, 0.29) is 13.2 Å². The molecular formula is C19H27NO6. The lowest BCUT2D eigenvalue weighted by Crippen LogP contribution is -2.36. The van der Waals surface area contributed by atoms with Gasteiger partial charge in [-0.25, -0.2) is 4.79 Å². The quantitative estimate of drug-likeness (QED) is 0.819. The summed E-state index contributed by atoms with van der Waals surface area (Å²) in [6.07, 6.45) is -0.639. The van der Waals surface area contributed by atoms with Gasteiger partial charge in [0.15, 0.2) is 11.5 Å². The fourth-order valence-corrected chi connectivity index (χ4v) is 2.38. The predicted molar refractivity (Wildman–Crippen MR) is 95.1 cm³/mol. The average Bonchev–Trinajstić information content (AvgIpc) is 2.89. The van der Waals surface area contributed by atoms with Crippen molar-refractivity contribution < 1.29 is 28.5 Å². The van der Waals surface area contributed by atoms with Crippen LogP contribution in [0.5, 0.6) is 11.5 Å². The van der Waals surface area contributed by atoms with Crippen LogP contribution in [-0.4, -0.2) is 30.1 Å². The first kappa shape index (κ1) is 19.9. The molecule has 2 rings (SSSR count). The van der Waals surface area contributed by atoms with Crippen LogP contribution in [0.25, 0.3) is 0 Å². The number of carbonyl (C=O) groups excluding carboxylic acids is 2. The van der Waals surface area contributed by atoms with E-state index in [1.54, 1.807) is 59.7 Å². The van der Waals surface area contributed by atoms with Crippen molar-refractivity contribution in [2.75, 3.05) is 6.79 Å². The predicted octanol–water partition coefficient (Wildman–Crippen LogP) is 3.71. The van der Waals surface area contributed by atoms with E-state index in [1.807, 2.05) is 0 Å². The second kappa shape index (κ2) is 7.43. The zero-order valence-electron chi connectivity index (χ0n) is 16.2. The number of ether oxygens (including phenoxy) is 4. The highest BCUT2D eigenvalue weighted by Crippen LogP contribution is 2.35. The summed E-state index contributed by atoms with van der Waals surface area (Å²) in [6, 6.07) is 4.65. The molecule has 1 aliphatic rings. The minimum absolute atomic E-state index is 0.0316. The first-order valence-electron chi connectivity index (χ1n) is 8.54. The molecule has 0 unspecified atom stereocenters. The van der Waals surface area contributed by atoms with Gasteiger partial charge < -0.3 is 24.3 Å². The Hall–Kier alpha value is -2.44. The number of hydrogen-bond acceptors (Lipinski definition) is 6. The van der Waals surface area contributed by atoms with Crippen molar-refractivity contribution in [1.29, 1.82) is 0 Å². The molecule has 0 radical (unpaired) electrons. The molecule has 0 aliphatic carbocycles. The Kier molecular flexibility index (Phi) is 5.68. The number of amides is 1. The van der Waals surface area contributed by atoms with Crippen molar-refractivity contribution in [3.05, 3.63) is 23.8 Å². The summed E-state index contributed by atoms with van der Waals surface area (Å²) >= 11 is 0. The van der Waals surface area contributed by atoms with Gasteiger partial charge in [0.25, 0.3) is 0 Å². The fraction of sp³-hybridized carbons (Fsp3) is 0.579. The van der Waals surface area contributed by atoms with Crippen molar-refractivity contribution in [2.24, 2.45) is 0 Å². The summed E-state index contributed by atoms with van der Waals surface area (Å²) in [5, 5.41) is 2.74. The molecule has 1 atom stereocenters. The van der Waals surface area contributed by atoms with Gasteiger partial charge in [0.2, 0.25) is 6.79 Å². The van der Waals surface area contributed by atoms with E-state index in [0.29, 0.717) is 17.1 Å². The zero-order valence-corrected chi connectivity index (χ0v) is 16.2. The van der Waals surface area contributed by atoms with Crippen LogP contribution in [0.1, 0.15) is 59.6 Å². The molecule has 144 valence electrons. The number of hydrogen-bond donors (Lipinski definition) is 1. The minimum Gasteiger partial charge on any atom is -0.460 e. The van der Waals surface area contributed by atoms with Crippen molar-refractivity contribution in [3.63, 3.8) is 0 Å². The zero-order chi connectivity index (χ0) is 19.5. The first-order chi connectivity index (χ1) is 11.9. The maximum Gasteiger partial charge on any atom is 0.408 e. The van der Waals surface area contributed by atoms with E-state index in [9.17, 15) is 9.59 Å². The Balaban J connectivity index is 2.18. The first-order valence-corrected chi connectivity index (χ1v) is 8.54. The van der Waals surface area contributed by atoms with E-state index in [4.69, 9.17) is 18.9 Å². The molecule has 0 saturated heterocycles. The third-order valence-electron chi connectivity index (χ3n) is 3.28. The highest BCUT2D eigenvalue weighted by atomic mass is 16.7. The molecule has 0 spiro atoms. The van der Waals surface area contributed by atoms with Gasteiger partial charge in [0.1, 0.15) is 11.2 Å². The molecule has 0 fully saturated rings. The Labute approximate surface area is 153 Å². The number of alkyl carbamates (subject to hydrolysis) is 1. The molecule has 1 aromatic rings. The van der Waals surface area contributed by atoms with Gasteiger partial charge >= 0.3 is 12.1 Å².